The Kier molecular flexibility index (Phi) is 3.28. The van der Waals surface area contributed by atoms with E-state index in [1.54, 1.807) is 18.3 Å². The predicted molar refractivity (Wildman–Crippen MR) is 72.9 cm³/mol. The van der Waals surface area contributed by atoms with Gasteiger partial charge >= 0.3 is 6.09 Å². The summed E-state index contributed by atoms with van der Waals surface area (Å²) in [6.07, 6.45) is 0.996. The number of carbonyl (C=O) groups is 1. The number of aromatic nitrogens is 2. The Bertz CT molecular complexity index is 741. The van der Waals surface area contributed by atoms with Crippen LogP contribution in [0.2, 0.25) is 0 Å². The highest BCUT2D eigenvalue weighted by Gasteiger charge is 2.28. The number of pyridine rings is 2. The molecule has 7 heteroatoms. The Morgan fingerprint density at radius 3 is 3.14 bits per heavy atom. The molecule has 0 radical (unpaired) electrons. The summed E-state index contributed by atoms with van der Waals surface area (Å²) in [6.45, 7) is 0.728. The van der Waals surface area contributed by atoms with Gasteiger partial charge < -0.3 is 14.7 Å². The highest BCUT2D eigenvalue weighted by atomic mass is 16.5. The van der Waals surface area contributed by atoms with Crippen molar-refractivity contribution >= 4 is 17.0 Å². The Labute approximate surface area is 120 Å². The van der Waals surface area contributed by atoms with Gasteiger partial charge in [-0.25, -0.2) is 9.78 Å². The lowest BCUT2D eigenvalue weighted by Crippen LogP contribution is -2.29. The van der Waals surface area contributed by atoms with Crippen LogP contribution in [0, 0.1) is 11.3 Å². The number of rotatable bonds is 2. The van der Waals surface area contributed by atoms with Crippen LogP contribution in [0.15, 0.2) is 24.4 Å². The van der Waals surface area contributed by atoms with Gasteiger partial charge in [0, 0.05) is 24.5 Å². The van der Waals surface area contributed by atoms with E-state index in [2.05, 4.69) is 9.97 Å². The molecule has 1 aliphatic heterocycles. The first-order valence-electron chi connectivity index (χ1n) is 6.48. The van der Waals surface area contributed by atoms with Gasteiger partial charge in [0.15, 0.2) is 0 Å². The zero-order valence-corrected chi connectivity index (χ0v) is 11.1. The monoisotopic (exact) mass is 284 g/mol. The van der Waals surface area contributed by atoms with E-state index in [1.807, 2.05) is 12.1 Å². The van der Waals surface area contributed by atoms with Crippen molar-refractivity contribution < 1.29 is 14.6 Å². The van der Waals surface area contributed by atoms with Gasteiger partial charge in [0.1, 0.15) is 23.4 Å². The van der Waals surface area contributed by atoms with Crippen LogP contribution in [0.5, 0.6) is 5.88 Å². The summed E-state index contributed by atoms with van der Waals surface area (Å²) in [4.78, 5) is 20.6. The molecule has 0 unspecified atom stereocenters. The molecule has 21 heavy (non-hydrogen) atoms. The molecule has 1 amide bonds. The third-order valence-electron chi connectivity index (χ3n) is 3.36. The van der Waals surface area contributed by atoms with Gasteiger partial charge in [-0.05, 0) is 12.1 Å². The first-order chi connectivity index (χ1) is 10.2. The summed E-state index contributed by atoms with van der Waals surface area (Å²) in [6, 6.07) is 7.24. The lowest BCUT2D eigenvalue weighted by molar-refractivity contribution is 0.145. The molecule has 1 saturated heterocycles. The third-order valence-corrected chi connectivity index (χ3v) is 3.36. The van der Waals surface area contributed by atoms with Crippen LogP contribution in [-0.2, 0) is 0 Å². The second-order valence-electron chi connectivity index (χ2n) is 4.76. The van der Waals surface area contributed by atoms with Gasteiger partial charge in [-0.1, -0.05) is 6.07 Å². The average molecular weight is 284 g/mol. The maximum Gasteiger partial charge on any atom is 0.407 e. The number of hydrogen-bond donors (Lipinski definition) is 1. The molecule has 3 heterocycles. The molecule has 0 bridgehead atoms. The molecule has 0 aliphatic carbocycles. The van der Waals surface area contributed by atoms with Crippen molar-refractivity contribution in [2.45, 2.75) is 12.5 Å². The van der Waals surface area contributed by atoms with E-state index in [1.165, 1.54) is 4.90 Å². The maximum atomic E-state index is 10.9. The fraction of sp³-hybridized carbons (Fsp3) is 0.286. The van der Waals surface area contributed by atoms with Gasteiger partial charge in [-0.3, -0.25) is 4.98 Å². The number of carboxylic acid groups (broad SMARTS) is 1. The summed E-state index contributed by atoms with van der Waals surface area (Å²) >= 11 is 0. The number of ether oxygens (including phenoxy) is 1. The molecular weight excluding hydrogens is 272 g/mol. The van der Waals surface area contributed by atoms with Gasteiger partial charge in [0.05, 0.1) is 6.54 Å². The van der Waals surface area contributed by atoms with Crippen LogP contribution in [0.1, 0.15) is 12.1 Å². The van der Waals surface area contributed by atoms with Gasteiger partial charge in [-0.15, -0.1) is 0 Å². The van der Waals surface area contributed by atoms with Crippen LogP contribution in [-0.4, -0.2) is 45.3 Å². The van der Waals surface area contributed by atoms with Crippen molar-refractivity contribution in [1.82, 2.24) is 14.9 Å². The van der Waals surface area contributed by atoms with Gasteiger partial charge in [0.2, 0.25) is 5.88 Å². The first-order valence-corrected chi connectivity index (χ1v) is 6.48. The smallest absolute Gasteiger partial charge is 0.407 e. The highest BCUT2D eigenvalue weighted by molar-refractivity contribution is 5.83. The SMILES string of the molecule is N#Cc1cc2cccnc2c(O[C@H]2CCN(C(=O)O)C2)n1. The lowest BCUT2D eigenvalue weighted by atomic mass is 10.2. The molecular formula is C14H12N4O3. The van der Waals surface area contributed by atoms with E-state index < -0.39 is 6.09 Å². The van der Waals surface area contributed by atoms with Crippen LogP contribution in [0.3, 0.4) is 0 Å². The molecule has 1 N–H and O–H groups in total. The van der Waals surface area contributed by atoms with Crippen molar-refractivity contribution in [3.63, 3.8) is 0 Å². The van der Waals surface area contributed by atoms with Crippen LogP contribution in [0.25, 0.3) is 10.9 Å². The number of hydrogen-bond acceptors (Lipinski definition) is 5. The lowest BCUT2D eigenvalue weighted by Gasteiger charge is -2.14. The minimum Gasteiger partial charge on any atom is -0.471 e. The van der Waals surface area contributed by atoms with Crippen LogP contribution < -0.4 is 4.74 Å². The standard InChI is InChI=1S/C14H12N4O3/c15-7-10-6-9-2-1-4-16-12(9)13(17-10)21-11-3-5-18(8-11)14(19)20/h1-2,4,6,11H,3,5,8H2,(H,19,20)/t11-/m0/s1. The summed E-state index contributed by atoms with van der Waals surface area (Å²) in [7, 11) is 0. The summed E-state index contributed by atoms with van der Waals surface area (Å²) < 4.78 is 5.78. The number of nitriles is 1. The predicted octanol–water partition coefficient (Wildman–Crippen LogP) is 1.63. The van der Waals surface area contributed by atoms with Crippen molar-refractivity contribution in [2.24, 2.45) is 0 Å². The number of fused-ring (bicyclic) bond motifs is 1. The number of amides is 1. The molecule has 2 aromatic rings. The van der Waals surface area contributed by atoms with E-state index in [4.69, 9.17) is 15.1 Å². The third kappa shape index (κ3) is 2.56. The van der Waals surface area contributed by atoms with Crippen molar-refractivity contribution in [2.75, 3.05) is 13.1 Å². The zero-order chi connectivity index (χ0) is 14.8. The molecule has 106 valence electrons. The van der Waals surface area contributed by atoms with E-state index in [0.29, 0.717) is 25.0 Å². The van der Waals surface area contributed by atoms with Crippen molar-refractivity contribution in [3.05, 3.63) is 30.1 Å². The molecule has 0 aromatic carbocycles. The van der Waals surface area contributed by atoms with E-state index in [9.17, 15) is 4.79 Å². The van der Waals surface area contributed by atoms with Crippen molar-refractivity contribution in [1.29, 1.82) is 5.26 Å². The normalized spacial score (nSPS) is 17.7. The fourth-order valence-electron chi connectivity index (χ4n) is 2.35. The molecule has 0 spiro atoms. The Hall–Kier alpha value is -2.88. The summed E-state index contributed by atoms with van der Waals surface area (Å²) in [5.41, 5.74) is 0.823. The van der Waals surface area contributed by atoms with Crippen LogP contribution in [0.4, 0.5) is 4.79 Å². The van der Waals surface area contributed by atoms with Gasteiger partial charge in [0.25, 0.3) is 0 Å². The molecule has 7 nitrogen and oxygen atoms in total. The fourth-order valence-corrected chi connectivity index (χ4v) is 2.35. The molecule has 1 atom stereocenters. The Morgan fingerprint density at radius 1 is 1.57 bits per heavy atom. The van der Waals surface area contributed by atoms with E-state index in [0.717, 1.165) is 5.39 Å². The van der Waals surface area contributed by atoms with Crippen LogP contribution >= 0.6 is 0 Å². The Balaban J connectivity index is 1.90. The highest BCUT2D eigenvalue weighted by Crippen LogP contribution is 2.25. The topological polar surface area (TPSA) is 99.3 Å². The molecule has 2 aromatic heterocycles. The van der Waals surface area contributed by atoms with E-state index in [-0.39, 0.29) is 17.7 Å². The Morgan fingerprint density at radius 2 is 2.43 bits per heavy atom. The largest absolute Gasteiger partial charge is 0.471 e. The first kappa shape index (κ1) is 13.1. The summed E-state index contributed by atoms with van der Waals surface area (Å²) in [5.74, 6) is 0.280. The zero-order valence-electron chi connectivity index (χ0n) is 11.1. The van der Waals surface area contributed by atoms with E-state index >= 15 is 0 Å². The molecule has 1 fully saturated rings. The molecule has 1 aliphatic rings. The second kappa shape index (κ2) is 5.25. The summed E-state index contributed by atoms with van der Waals surface area (Å²) in [5, 5.41) is 18.7. The van der Waals surface area contributed by atoms with Crippen molar-refractivity contribution in [3.8, 4) is 11.9 Å². The maximum absolute atomic E-state index is 10.9. The molecule has 3 rings (SSSR count). The number of likely N-dealkylation sites (tertiary alicyclic amines) is 1. The number of nitrogens with zero attached hydrogens (tertiary/aromatic N) is 4. The molecule has 0 saturated carbocycles. The second-order valence-corrected chi connectivity index (χ2v) is 4.76. The minimum absolute atomic E-state index is 0.249. The minimum atomic E-state index is -0.956. The van der Waals surface area contributed by atoms with Gasteiger partial charge in [-0.2, -0.15) is 5.26 Å². The quantitative estimate of drug-likeness (QED) is 0.899. The average Bonchev–Trinajstić information content (AvgIpc) is 2.96.